The number of nitrogen functional groups attached to an aromatic ring is 1. The van der Waals surface area contributed by atoms with Crippen LogP contribution in [0.2, 0.25) is 5.02 Å². The summed E-state index contributed by atoms with van der Waals surface area (Å²) in [6, 6.07) is 8.21. The first-order valence-electron chi connectivity index (χ1n) is 10.7. The third-order valence-electron chi connectivity index (χ3n) is 5.05. The van der Waals surface area contributed by atoms with E-state index in [1.165, 1.54) is 36.7 Å². The number of rotatable bonds is 5. The molecule has 0 radical (unpaired) electrons. The number of nitrogens with zero attached hydrogens (tertiary/aromatic N) is 3. The van der Waals surface area contributed by atoms with Gasteiger partial charge in [0.2, 0.25) is 0 Å². The van der Waals surface area contributed by atoms with Crippen molar-refractivity contribution in [2.24, 2.45) is 0 Å². The van der Waals surface area contributed by atoms with Gasteiger partial charge in [0, 0.05) is 11.8 Å². The zero-order valence-electron chi connectivity index (χ0n) is 19.2. The predicted molar refractivity (Wildman–Crippen MR) is 130 cm³/mol. The molecule has 2 aromatic heterocycles. The highest BCUT2D eigenvalue weighted by Crippen LogP contribution is 2.35. The molecule has 0 unspecified atom stereocenters. The van der Waals surface area contributed by atoms with Crippen molar-refractivity contribution in [1.82, 2.24) is 15.0 Å². The van der Waals surface area contributed by atoms with Gasteiger partial charge in [-0.25, -0.2) is 19.7 Å². The van der Waals surface area contributed by atoms with Gasteiger partial charge in [-0.05, 0) is 42.0 Å². The summed E-state index contributed by atoms with van der Waals surface area (Å²) in [5, 5.41) is 4.46. The number of carbonyl (C=O) groups excluding carboxylic acids is 1. The van der Waals surface area contributed by atoms with E-state index < -0.39 is 29.5 Å². The molecule has 2 aromatic carbocycles. The molecule has 0 bridgehead atoms. The van der Waals surface area contributed by atoms with Gasteiger partial charge in [-0.3, -0.25) is 0 Å². The number of aromatic nitrogens is 3. The summed E-state index contributed by atoms with van der Waals surface area (Å²) in [5.74, 6) is 0.164. The second-order valence-electron chi connectivity index (χ2n) is 7.81. The van der Waals surface area contributed by atoms with Crippen LogP contribution in [0, 0.1) is 0 Å². The molecular weight excluding hydrogens is 554 g/mol. The molecule has 4 rings (SSSR count). The Bertz CT molecular complexity index is 1500. The highest BCUT2D eigenvalue weighted by molar-refractivity contribution is 6.33. The third-order valence-corrected chi connectivity index (χ3v) is 5.38. The van der Waals surface area contributed by atoms with Crippen molar-refractivity contribution in [1.29, 1.82) is 0 Å². The van der Waals surface area contributed by atoms with Gasteiger partial charge in [0.15, 0.2) is 0 Å². The number of hydrogen-bond donors (Lipinski definition) is 3. The highest BCUT2D eigenvalue weighted by atomic mass is 35.5. The standard InChI is InChI=1S/C24H15ClF6N6O2/c25-18-6-3-13(23(26,27)28)8-19(18)37-21(38)36-15-10-34-22(35-11-15)39-16-4-1-12(2-5-16)17-7-14(24(29,30)31)9-33-20(17)32/h1-11H,(H2,32,33)(H2,36,37,38). The summed E-state index contributed by atoms with van der Waals surface area (Å²) < 4.78 is 83.2. The maximum Gasteiger partial charge on any atom is 0.417 e. The molecule has 202 valence electrons. The van der Waals surface area contributed by atoms with E-state index in [9.17, 15) is 31.1 Å². The fourth-order valence-corrected chi connectivity index (χ4v) is 3.35. The molecule has 0 aliphatic rings. The Morgan fingerprint density at radius 1 is 0.821 bits per heavy atom. The monoisotopic (exact) mass is 568 g/mol. The van der Waals surface area contributed by atoms with Crippen molar-refractivity contribution >= 4 is 34.8 Å². The summed E-state index contributed by atoms with van der Waals surface area (Å²) in [7, 11) is 0. The van der Waals surface area contributed by atoms with Crippen molar-refractivity contribution < 1.29 is 35.9 Å². The second-order valence-corrected chi connectivity index (χ2v) is 8.21. The number of nitrogens with one attached hydrogen (secondary N) is 2. The van der Waals surface area contributed by atoms with E-state index in [0.717, 1.165) is 18.2 Å². The van der Waals surface area contributed by atoms with E-state index >= 15 is 0 Å². The van der Waals surface area contributed by atoms with Gasteiger partial charge in [-0.2, -0.15) is 26.3 Å². The predicted octanol–water partition coefficient (Wildman–Crippen LogP) is 7.25. The molecule has 0 saturated carbocycles. The van der Waals surface area contributed by atoms with Crippen LogP contribution in [0.5, 0.6) is 11.8 Å². The van der Waals surface area contributed by atoms with Crippen molar-refractivity contribution in [2.75, 3.05) is 16.4 Å². The van der Waals surface area contributed by atoms with Crippen molar-refractivity contribution in [2.45, 2.75) is 12.4 Å². The number of alkyl halides is 6. The number of urea groups is 1. The van der Waals surface area contributed by atoms with Gasteiger partial charge in [0.05, 0.1) is 39.9 Å². The fourth-order valence-electron chi connectivity index (χ4n) is 3.19. The fraction of sp³-hybridized carbons (Fsp3) is 0.0833. The second kappa shape index (κ2) is 10.6. The molecule has 0 aliphatic heterocycles. The minimum atomic E-state index is -4.62. The zero-order valence-corrected chi connectivity index (χ0v) is 20.0. The normalized spacial score (nSPS) is 11.7. The van der Waals surface area contributed by atoms with Gasteiger partial charge in [-0.1, -0.05) is 23.7 Å². The molecule has 8 nitrogen and oxygen atoms in total. The Morgan fingerprint density at radius 2 is 1.46 bits per heavy atom. The van der Waals surface area contributed by atoms with Gasteiger partial charge >= 0.3 is 24.4 Å². The van der Waals surface area contributed by atoms with Crippen LogP contribution in [0.3, 0.4) is 0 Å². The number of pyridine rings is 1. The molecule has 0 aliphatic carbocycles. The lowest BCUT2D eigenvalue weighted by Crippen LogP contribution is -2.20. The quantitative estimate of drug-likeness (QED) is 0.218. The molecule has 4 N–H and O–H groups in total. The SMILES string of the molecule is Nc1ncc(C(F)(F)F)cc1-c1ccc(Oc2ncc(NC(=O)Nc3cc(C(F)(F)F)ccc3Cl)cn2)cc1. The molecule has 0 saturated heterocycles. The van der Waals surface area contributed by atoms with Crippen molar-refractivity contribution in [3.05, 3.63) is 83.3 Å². The Kier molecular flexibility index (Phi) is 7.49. The first-order valence-corrected chi connectivity index (χ1v) is 11.1. The lowest BCUT2D eigenvalue weighted by atomic mass is 10.0. The summed E-state index contributed by atoms with van der Waals surface area (Å²) in [5.41, 5.74) is 4.09. The van der Waals surface area contributed by atoms with E-state index in [2.05, 4.69) is 25.6 Å². The molecule has 15 heteroatoms. The number of halogens is 7. The minimum Gasteiger partial charge on any atom is -0.424 e. The first-order chi connectivity index (χ1) is 18.3. The van der Waals surface area contributed by atoms with Crippen LogP contribution < -0.4 is 21.1 Å². The Balaban J connectivity index is 1.39. The highest BCUT2D eigenvalue weighted by Gasteiger charge is 2.32. The molecule has 0 spiro atoms. The topological polar surface area (TPSA) is 115 Å². The van der Waals surface area contributed by atoms with E-state index in [1.54, 1.807) is 0 Å². The number of nitrogens with two attached hydrogens (primary N) is 1. The van der Waals surface area contributed by atoms with Crippen molar-refractivity contribution in [3.63, 3.8) is 0 Å². The maximum absolute atomic E-state index is 13.0. The van der Waals surface area contributed by atoms with E-state index in [-0.39, 0.29) is 39.5 Å². The number of hydrogen-bond acceptors (Lipinski definition) is 6. The number of amides is 2. The summed E-state index contributed by atoms with van der Waals surface area (Å²) >= 11 is 5.86. The molecule has 39 heavy (non-hydrogen) atoms. The van der Waals surface area contributed by atoms with Crippen LogP contribution in [0.4, 0.5) is 48.3 Å². The first kappa shape index (κ1) is 27.4. The Morgan fingerprint density at radius 3 is 2.08 bits per heavy atom. The van der Waals surface area contributed by atoms with Gasteiger partial charge in [0.1, 0.15) is 11.6 Å². The lowest BCUT2D eigenvalue weighted by molar-refractivity contribution is -0.138. The van der Waals surface area contributed by atoms with Crippen LogP contribution in [0.25, 0.3) is 11.1 Å². The van der Waals surface area contributed by atoms with Crippen LogP contribution in [-0.4, -0.2) is 21.0 Å². The average Bonchev–Trinajstić information content (AvgIpc) is 2.86. The largest absolute Gasteiger partial charge is 0.424 e. The molecule has 2 heterocycles. The van der Waals surface area contributed by atoms with Gasteiger partial charge in [0.25, 0.3) is 0 Å². The zero-order chi connectivity index (χ0) is 28.4. The van der Waals surface area contributed by atoms with Crippen LogP contribution >= 0.6 is 11.6 Å². The van der Waals surface area contributed by atoms with Gasteiger partial charge in [-0.15, -0.1) is 0 Å². The maximum atomic E-state index is 13.0. The number of benzene rings is 2. The Labute approximate surface area is 220 Å². The Hall–Kier alpha value is -4.59. The summed E-state index contributed by atoms with van der Waals surface area (Å²) in [6.45, 7) is 0. The van der Waals surface area contributed by atoms with Crippen LogP contribution in [0.15, 0.2) is 67.1 Å². The molecular formula is C24H15ClF6N6O2. The van der Waals surface area contributed by atoms with E-state index in [4.69, 9.17) is 22.1 Å². The van der Waals surface area contributed by atoms with Gasteiger partial charge < -0.3 is 21.1 Å². The lowest BCUT2D eigenvalue weighted by Gasteiger charge is -2.12. The third kappa shape index (κ3) is 6.84. The summed E-state index contributed by atoms with van der Waals surface area (Å²) in [6.07, 6.45) is -6.19. The number of ether oxygens (including phenoxy) is 1. The molecule has 4 aromatic rings. The number of anilines is 3. The molecule has 2 amide bonds. The molecule has 0 fully saturated rings. The minimum absolute atomic E-state index is 0.0811. The average molecular weight is 569 g/mol. The van der Waals surface area contributed by atoms with Crippen LogP contribution in [0.1, 0.15) is 11.1 Å². The summed E-state index contributed by atoms with van der Waals surface area (Å²) in [4.78, 5) is 23.6. The van der Waals surface area contributed by atoms with E-state index in [1.807, 2.05) is 0 Å². The van der Waals surface area contributed by atoms with Crippen LogP contribution in [-0.2, 0) is 12.4 Å². The smallest absolute Gasteiger partial charge is 0.417 e. The van der Waals surface area contributed by atoms with Crippen molar-refractivity contribution in [3.8, 4) is 22.9 Å². The molecule has 0 atom stereocenters. The van der Waals surface area contributed by atoms with E-state index in [0.29, 0.717) is 17.8 Å². The number of carbonyl (C=O) groups is 1.